The number of benzene rings is 1. The second-order valence-electron chi connectivity index (χ2n) is 4.14. The number of rotatable bonds is 2. The monoisotopic (exact) mass is 260 g/mol. The van der Waals surface area contributed by atoms with E-state index in [4.69, 9.17) is 10.5 Å². The molecule has 0 radical (unpaired) electrons. The van der Waals surface area contributed by atoms with Crippen LogP contribution in [-0.4, -0.2) is 26.3 Å². The molecule has 0 atom stereocenters. The summed E-state index contributed by atoms with van der Waals surface area (Å²) in [5, 5.41) is 0. The lowest BCUT2D eigenvalue weighted by Crippen LogP contribution is -2.37. The minimum atomic E-state index is -4.33. The van der Waals surface area contributed by atoms with Crippen LogP contribution >= 0.6 is 0 Å². The minimum Gasteiger partial charge on any atom is -0.378 e. The van der Waals surface area contributed by atoms with Crippen molar-refractivity contribution in [1.82, 2.24) is 0 Å². The molecule has 18 heavy (non-hydrogen) atoms. The standard InChI is InChI=1S/C12H15F3N2O/c13-12(14,15)10-2-1-9(8-16)11(7-10)17-3-5-18-6-4-17/h1-2,7H,3-6,8,16H2. The molecule has 1 heterocycles. The molecule has 1 aromatic rings. The normalized spacial score (nSPS) is 17.0. The number of anilines is 1. The Bertz CT molecular complexity index is 414. The summed E-state index contributed by atoms with van der Waals surface area (Å²) in [6.45, 7) is 2.47. The molecule has 1 fully saturated rings. The molecule has 0 spiro atoms. The topological polar surface area (TPSA) is 38.5 Å². The second-order valence-corrected chi connectivity index (χ2v) is 4.14. The van der Waals surface area contributed by atoms with Crippen LogP contribution in [-0.2, 0) is 17.5 Å². The van der Waals surface area contributed by atoms with E-state index in [0.29, 0.717) is 32.0 Å². The lowest BCUT2D eigenvalue weighted by molar-refractivity contribution is -0.137. The van der Waals surface area contributed by atoms with Crippen LogP contribution in [0.25, 0.3) is 0 Å². The highest BCUT2D eigenvalue weighted by Gasteiger charge is 2.31. The number of morpholine rings is 1. The van der Waals surface area contributed by atoms with Gasteiger partial charge in [0.2, 0.25) is 0 Å². The van der Waals surface area contributed by atoms with E-state index >= 15 is 0 Å². The van der Waals surface area contributed by atoms with Crippen molar-refractivity contribution >= 4 is 5.69 Å². The van der Waals surface area contributed by atoms with Crippen LogP contribution in [0.2, 0.25) is 0 Å². The van der Waals surface area contributed by atoms with Crippen molar-refractivity contribution in [3.8, 4) is 0 Å². The molecule has 1 aliphatic heterocycles. The first-order valence-electron chi connectivity index (χ1n) is 5.75. The molecular weight excluding hydrogens is 245 g/mol. The van der Waals surface area contributed by atoms with Crippen LogP contribution < -0.4 is 10.6 Å². The molecule has 1 aromatic carbocycles. The SMILES string of the molecule is NCc1ccc(C(F)(F)F)cc1N1CCOCC1. The quantitative estimate of drug-likeness (QED) is 0.884. The van der Waals surface area contributed by atoms with Gasteiger partial charge in [0.1, 0.15) is 0 Å². The van der Waals surface area contributed by atoms with Crippen molar-refractivity contribution in [2.45, 2.75) is 12.7 Å². The molecule has 0 saturated carbocycles. The first-order chi connectivity index (χ1) is 8.52. The van der Waals surface area contributed by atoms with E-state index in [1.807, 2.05) is 4.90 Å². The number of hydrogen-bond donors (Lipinski definition) is 1. The van der Waals surface area contributed by atoms with Crippen LogP contribution in [0.15, 0.2) is 18.2 Å². The fraction of sp³-hybridized carbons (Fsp3) is 0.500. The van der Waals surface area contributed by atoms with Gasteiger partial charge in [-0.25, -0.2) is 0 Å². The molecule has 0 amide bonds. The first-order valence-corrected chi connectivity index (χ1v) is 5.75. The third-order valence-corrected chi connectivity index (χ3v) is 2.98. The zero-order valence-electron chi connectivity index (χ0n) is 9.83. The molecule has 0 unspecified atom stereocenters. The van der Waals surface area contributed by atoms with Gasteiger partial charge < -0.3 is 15.4 Å². The van der Waals surface area contributed by atoms with Gasteiger partial charge in [-0.05, 0) is 17.7 Å². The van der Waals surface area contributed by atoms with Crippen LogP contribution in [0.5, 0.6) is 0 Å². The number of alkyl halides is 3. The number of ether oxygens (including phenoxy) is 1. The fourth-order valence-corrected chi connectivity index (χ4v) is 2.01. The van der Waals surface area contributed by atoms with E-state index in [-0.39, 0.29) is 6.54 Å². The van der Waals surface area contributed by atoms with Gasteiger partial charge in [-0.1, -0.05) is 6.07 Å². The van der Waals surface area contributed by atoms with Crippen LogP contribution in [0.3, 0.4) is 0 Å². The lowest BCUT2D eigenvalue weighted by atomic mass is 10.1. The number of hydrogen-bond acceptors (Lipinski definition) is 3. The summed E-state index contributed by atoms with van der Waals surface area (Å²) in [6, 6.07) is 3.70. The molecule has 2 rings (SSSR count). The van der Waals surface area contributed by atoms with Gasteiger partial charge in [-0.2, -0.15) is 13.2 Å². The van der Waals surface area contributed by atoms with Crippen molar-refractivity contribution in [1.29, 1.82) is 0 Å². The fourth-order valence-electron chi connectivity index (χ4n) is 2.01. The maximum absolute atomic E-state index is 12.7. The third kappa shape index (κ3) is 2.76. The lowest BCUT2D eigenvalue weighted by Gasteiger charge is -2.31. The highest BCUT2D eigenvalue weighted by atomic mass is 19.4. The molecule has 3 nitrogen and oxygen atoms in total. The smallest absolute Gasteiger partial charge is 0.378 e. The molecule has 100 valence electrons. The number of nitrogens with zero attached hydrogens (tertiary/aromatic N) is 1. The molecule has 6 heteroatoms. The first kappa shape index (κ1) is 13.2. The summed E-state index contributed by atoms with van der Waals surface area (Å²) in [7, 11) is 0. The second kappa shape index (κ2) is 5.16. The van der Waals surface area contributed by atoms with Gasteiger partial charge in [0, 0.05) is 25.3 Å². The van der Waals surface area contributed by atoms with Gasteiger partial charge in [0.15, 0.2) is 0 Å². The van der Waals surface area contributed by atoms with Crippen LogP contribution in [0.1, 0.15) is 11.1 Å². The molecule has 1 saturated heterocycles. The molecule has 0 bridgehead atoms. The Morgan fingerprint density at radius 3 is 2.44 bits per heavy atom. The summed E-state index contributed by atoms with van der Waals surface area (Å²) >= 11 is 0. The largest absolute Gasteiger partial charge is 0.416 e. The zero-order chi connectivity index (χ0) is 13.2. The molecule has 2 N–H and O–H groups in total. The van der Waals surface area contributed by atoms with Crippen molar-refractivity contribution in [3.63, 3.8) is 0 Å². The van der Waals surface area contributed by atoms with Gasteiger partial charge in [0.25, 0.3) is 0 Å². The van der Waals surface area contributed by atoms with E-state index in [1.54, 1.807) is 0 Å². The van der Waals surface area contributed by atoms with E-state index in [1.165, 1.54) is 12.1 Å². The van der Waals surface area contributed by atoms with E-state index in [2.05, 4.69) is 0 Å². The van der Waals surface area contributed by atoms with Crippen LogP contribution in [0, 0.1) is 0 Å². The molecular formula is C12H15F3N2O. The van der Waals surface area contributed by atoms with Crippen molar-refractivity contribution < 1.29 is 17.9 Å². The summed E-state index contributed by atoms with van der Waals surface area (Å²) in [6.07, 6.45) is -4.33. The summed E-state index contributed by atoms with van der Waals surface area (Å²) in [5.74, 6) is 0. The van der Waals surface area contributed by atoms with Gasteiger partial charge in [-0.15, -0.1) is 0 Å². The van der Waals surface area contributed by atoms with Gasteiger partial charge >= 0.3 is 6.18 Å². The van der Waals surface area contributed by atoms with E-state index in [0.717, 1.165) is 11.6 Å². The Balaban J connectivity index is 2.35. The summed E-state index contributed by atoms with van der Waals surface area (Å²) in [5.41, 5.74) is 6.23. The molecule has 0 aromatic heterocycles. The molecule has 1 aliphatic rings. The van der Waals surface area contributed by atoms with E-state index in [9.17, 15) is 13.2 Å². The Morgan fingerprint density at radius 1 is 1.22 bits per heavy atom. The van der Waals surface area contributed by atoms with Crippen LogP contribution in [0.4, 0.5) is 18.9 Å². The third-order valence-electron chi connectivity index (χ3n) is 2.98. The highest BCUT2D eigenvalue weighted by Crippen LogP contribution is 2.33. The van der Waals surface area contributed by atoms with Gasteiger partial charge in [-0.3, -0.25) is 0 Å². The van der Waals surface area contributed by atoms with Gasteiger partial charge in [0.05, 0.1) is 18.8 Å². The van der Waals surface area contributed by atoms with Crippen molar-refractivity contribution in [2.75, 3.05) is 31.2 Å². The Labute approximate surface area is 103 Å². The number of halogens is 3. The zero-order valence-corrected chi connectivity index (χ0v) is 9.83. The Kier molecular flexibility index (Phi) is 3.77. The summed E-state index contributed by atoms with van der Waals surface area (Å²) in [4.78, 5) is 1.89. The predicted octanol–water partition coefficient (Wildman–Crippen LogP) is 2.00. The van der Waals surface area contributed by atoms with Crippen molar-refractivity contribution in [2.24, 2.45) is 5.73 Å². The number of nitrogens with two attached hydrogens (primary N) is 1. The Morgan fingerprint density at radius 2 is 1.89 bits per heavy atom. The minimum absolute atomic E-state index is 0.227. The van der Waals surface area contributed by atoms with Crippen molar-refractivity contribution in [3.05, 3.63) is 29.3 Å². The predicted molar refractivity (Wildman–Crippen MR) is 62.4 cm³/mol. The van der Waals surface area contributed by atoms with E-state index < -0.39 is 11.7 Å². The average Bonchev–Trinajstić information content (AvgIpc) is 2.38. The maximum Gasteiger partial charge on any atom is 0.416 e. The summed E-state index contributed by atoms with van der Waals surface area (Å²) < 4.78 is 43.3. The Hall–Kier alpha value is -1.27. The average molecular weight is 260 g/mol. The molecule has 0 aliphatic carbocycles. The maximum atomic E-state index is 12.7. The highest BCUT2D eigenvalue weighted by molar-refractivity contribution is 5.56.